The van der Waals surface area contributed by atoms with Crippen molar-refractivity contribution in [3.8, 4) is 5.75 Å². The van der Waals surface area contributed by atoms with Gasteiger partial charge in [0.15, 0.2) is 0 Å². The molecule has 134 valence electrons. The second-order valence-corrected chi connectivity index (χ2v) is 6.50. The zero-order valence-corrected chi connectivity index (χ0v) is 15.6. The van der Waals surface area contributed by atoms with Crippen LogP contribution in [0, 0.1) is 0 Å². The van der Waals surface area contributed by atoms with Crippen LogP contribution >= 0.6 is 12.4 Å². The molecule has 0 aliphatic carbocycles. The molecule has 1 aromatic rings. The summed E-state index contributed by atoms with van der Waals surface area (Å²) in [6, 6.07) is 7.55. The van der Waals surface area contributed by atoms with E-state index in [1.165, 1.54) is 4.90 Å². The van der Waals surface area contributed by atoms with E-state index in [0.717, 1.165) is 12.8 Å². The third-order valence-electron chi connectivity index (χ3n) is 2.37. The van der Waals surface area contributed by atoms with Crippen LogP contribution in [0.15, 0.2) is 24.3 Å². The van der Waals surface area contributed by atoms with Crippen molar-refractivity contribution in [1.29, 1.82) is 0 Å². The first kappa shape index (κ1) is 23.9. The molecule has 0 aliphatic heterocycles. The van der Waals surface area contributed by atoms with Crippen LogP contribution in [0.2, 0.25) is 0 Å². The third kappa shape index (κ3) is 10.9. The predicted octanol–water partition coefficient (Wildman–Crippen LogP) is 1.46. The number of hydrogen-bond donors (Lipinski definition) is 0. The molecule has 0 heterocycles. The Morgan fingerprint density at radius 3 is 2.04 bits per heavy atom. The molecule has 0 radical (unpaired) electrons. The molecule has 0 unspecified atom stereocenters. The standard InChI is InChI=1S/C12H19N2O2.CH4O4S.ClH/c1-13(2)12(15)16-11-8-6-7-10(9-11)14(3,4)5;1-5-6(2,3)4;/h6-9H,1-5H3;1H3,(H,2,3,4);1H/q+1;;/p-1. The van der Waals surface area contributed by atoms with E-state index in [0.29, 0.717) is 10.2 Å². The number of carbonyl (C=O) groups excluding carboxylic acids is 1. The van der Waals surface area contributed by atoms with E-state index in [1.807, 2.05) is 18.2 Å². The lowest BCUT2D eigenvalue weighted by molar-refractivity contribution is 0.172. The first-order chi connectivity index (χ1) is 9.86. The van der Waals surface area contributed by atoms with Gasteiger partial charge in [-0.05, 0) is 12.1 Å². The van der Waals surface area contributed by atoms with Crippen LogP contribution in [-0.4, -0.2) is 66.3 Å². The smallest absolute Gasteiger partial charge is 0.414 e. The number of amides is 1. The summed E-state index contributed by atoms with van der Waals surface area (Å²) in [5.74, 6) is 0.573. The molecular weight excluding hydrogens is 348 g/mol. The molecule has 0 fully saturated rings. The molecule has 0 N–H and O–H groups in total. The minimum atomic E-state index is -4.41. The van der Waals surface area contributed by atoms with Crippen LogP contribution in [-0.2, 0) is 14.6 Å². The summed E-state index contributed by atoms with van der Waals surface area (Å²) in [6.07, 6.45) is -0.362. The minimum absolute atomic E-state index is 0. The highest BCUT2D eigenvalue weighted by atomic mass is 35.5. The average Bonchev–Trinajstić information content (AvgIpc) is 2.38. The lowest BCUT2D eigenvalue weighted by atomic mass is 10.2. The fourth-order valence-corrected chi connectivity index (χ4v) is 1.16. The third-order valence-corrected chi connectivity index (χ3v) is 2.77. The lowest BCUT2D eigenvalue weighted by Gasteiger charge is -2.23. The zero-order chi connectivity index (χ0) is 17.6. The summed E-state index contributed by atoms with van der Waals surface area (Å²) in [5.41, 5.74) is 1.09. The first-order valence-corrected chi connectivity index (χ1v) is 7.53. The van der Waals surface area contributed by atoms with E-state index >= 15 is 0 Å². The summed E-state index contributed by atoms with van der Waals surface area (Å²) in [6.45, 7) is 0. The van der Waals surface area contributed by atoms with Gasteiger partial charge in [0.25, 0.3) is 0 Å². The lowest BCUT2D eigenvalue weighted by Crippen LogP contribution is -2.34. The fraction of sp³-hybridized carbons (Fsp3) is 0.462. The summed E-state index contributed by atoms with van der Waals surface area (Å²) < 4.78 is 36.9. The fourth-order valence-electron chi connectivity index (χ4n) is 1.16. The van der Waals surface area contributed by atoms with Gasteiger partial charge in [-0.3, -0.25) is 8.67 Å². The number of rotatable bonds is 3. The van der Waals surface area contributed by atoms with Crippen molar-refractivity contribution in [3.05, 3.63) is 24.3 Å². The van der Waals surface area contributed by atoms with Gasteiger partial charge in [0, 0.05) is 20.2 Å². The van der Waals surface area contributed by atoms with Gasteiger partial charge < -0.3 is 14.2 Å². The first-order valence-electron chi connectivity index (χ1n) is 6.19. The predicted molar refractivity (Wildman–Crippen MR) is 89.7 cm³/mol. The highest BCUT2D eigenvalue weighted by molar-refractivity contribution is 7.80. The number of quaternary nitrogens is 1. The summed E-state index contributed by atoms with van der Waals surface area (Å²) >= 11 is 0. The van der Waals surface area contributed by atoms with Gasteiger partial charge in [-0.15, -0.1) is 12.4 Å². The van der Waals surface area contributed by atoms with Crippen LogP contribution in [0.1, 0.15) is 0 Å². The van der Waals surface area contributed by atoms with Gasteiger partial charge in [-0.2, -0.15) is 0 Å². The van der Waals surface area contributed by atoms with Crippen molar-refractivity contribution < 1.29 is 26.7 Å². The second-order valence-electron chi connectivity index (χ2n) is 5.35. The molecule has 0 aliphatic rings. The number of benzene rings is 1. The molecular formula is C13H23ClN2O6S. The van der Waals surface area contributed by atoms with Crippen molar-refractivity contribution in [2.45, 2.75) is 0 Å². The molecule has 0 aromatic heterocycles. The summed E-state index contributed by atoms with van der Waals surface area (Å²) in [5, 5.41) is 0. The molecule has 1 aromatic carbocycles. The maximum absolute atomic E-state index is 11.4. The van der Waals surface area contributed by atoms with Gasteiger partial charge in [0.2, 0.25) is 10.4 Å². The maximum atomic E-state index is 11.4. The van der Waals surface area contributed by atoms with Crippen LogP contribution < -0.4 is 9.22 Å². The van der Waals surface area contributed by atoms with Crippen molar-refractivity contribution in [2.75, 3.05) is 42.3 Å². The molecule has 0 atom stereocenters. The molecule has 0 saturated heterocycles. The van der Waals surface area contributed by atoms with Gasteiger partial charge >= 0.3 is 6.09 Å². The molecule has 8 nitrogen and oxygen atoms in total. The molecule has 23 heavy (non-hydrogen) atoms. The molecule has 1 amide bonds. The van der Waals surface area contributed by atoms with Crippen molar-refractivity contribution in [3.63, 3.8) is 0 Å². The SMILES string of the molecule is CN(C)C(=O)Oc1cccc([N+](C)(C)C)c1.COS(=O)(=O)[O-].Cl. The highest BCUT2D eigenvalue weighted by Gasteiger charge is 2.14. The normalized spacial score (nSPS) is 10.7. The number of ether oxygens (including phenoxy) is 1. The number of nitrogens with zero attached hydrogens (tertiary/aromatic N) is 2. The van der Waals surface area contributed by atoms with Gasteiger partial charge in [0.05, 0.1) is 28.3 Å². The summed E-state index contributed by atoms with van der Waals surface area (Å²) in [4.78, 5) is 12.8. The van der Waals surface area contributed by atoms with Crippen molar-refractivity contribution >= 4 is 34.6 Å². The quantitative estimate of drug-likeness (QED) is 0.454. The maximum Gasteiger partial charge on any atom is 0.414 e. The van der Waals surface area contributed by atoms with E-state index in [9.17, 15) is 17.8 Å². The number of hydrogen-bond acceptors (Lipinski definition) is 6. The Balaban J connectivity index is 0. The Labute approximate surface area is 143 Å². The minimum Gasteiger partial charge on any atom is -0.726 e. The van der Waals surface area contributed by atoms with E-state index in [4.69, 9.17) is 4.74 Å². The topological polar surface area (TPSA) is 96.0 Å². The van der Waals surface area contributed by atoms with Gasteiger partial charge in [-0.25, -0.2) is 13.2 Å². The molecule has 1 rings (SSSR count). The Morgan fingerprint density at radius 2 is 1.70 bits per heavy atom. The van der Waals surface area contributed by atoms with E-state index in [-0.39, 0.29) is 18.5 Å². The van der Waals surface area contributed by atoms with Crippen molar-refractivity contribution in [1.82, 2.24) is 9.38 Å². The van der Waals surface area contributed by atoms with Crippen molar-refractivity contribution in [2.24, 2.45) is 0 Å². The van der Waals surface area contributed by atoms with Gasteiger partial charge in [-0.1, -0.05) is 6.07 Å². The molecule has 0 saturated carbocycles. The van der Waals surface area contributed by atoms with E-state index in [1.54, 1.807) is 20.2 Å². The van der Waals surface area contributed by atoms with Crippen LogP contribution in [0.3, 0.4) is 0 Å². The molecule has 0 spiro atoms. The number of carbonyl (C=O) groups is 1. The van der Waals surface area contributed by atoms with E-state index in [2.05, 4.69) is 25.3 Å². The Morgan fingerprint density at radius 1 is 1.22 bits per heavy atom. The molecule has 10 heteroatoms. The van der Waals surface area contributed by atoms with E-state index < -0.39 is 10.4 Å². The average molecular weight is 371 g/mol. The van der Waals surface area contributed by atoms with Crippen LogP contribution in [0.25, 0.3) is 0 Å². The second kappa shape index (κ2) is 9.68. The molecule has 0 bridgehead atoms. The number of halogens is 1. The van der Waals surface area contributed by atoms with Crippen LogP contribution in [0.5, 0.6) is 5.75 Å². The Bertz CT molecular complexity index is 599. The Kier molecular flexibility index (Phi) is 10.0. The Hall–Kier alpha value is -1.39. The van der Waals surface area contributed by atoms with Gasteiger partial charge in [0.1, 0.15) is 11.4 Å². The monoisotopic (exact) mass is 370 g/mol. The summed E-state index contributed by atoms with van der Waals surface area (Å²) in [7, 11) is 5.90. The zero-order valence-electron chi connectivity index (χ0n) is 14.0. The largest absolute Gasteiger partial charge is 0.726 e. The van der Waals surface area contributed by atoms with Crippen LogP contribution in [0.4, 0.5) is 10.5 Å². The highest BCUT2D eigenvalue weighted by Crippen LogP contribution is 2.22.